The van der Waals surface area contributed by atoms with Gasteiger partial charge < -0.3 is 5.32 Å². The van der Waals surface area contributed by atoms with Crippen LogP contribution in [-0.4, -0.2) is 32.6 Å². The van der Waals surface area contributed by atoms with Gasteiger partial charge in [-0.05, 0) is 11.6 Å². The van der Waals surface area contributed by atoms with E-state index in [1.807, 2.05) is 13.0 Å². The highest BCUT2D eigenvalue weighted by atomic mass is 16.2. The van der Waals surface area contributed by atoms with Crippen LogP contribution in [0.5, 0.6) is 0 Å². The number of nitrogens with zero attached hydrogens (tertiary/aromatic N) is 4. The number of tetrazole rings is 1. The van der Waals surface area contributed by atoms with E-state index in [9.17, 15) is 4.79 Å². The second-order valence-corrected chi connectivity index (χ2v) is 2.68. The third-order valence-corrected chi connectivity index (χ3v) is 1.71. The zero-order valence-electron chi connectivity index (χ0n) is 7.69. The predicted molar refractivity (Wildman–Crippen MR) is 46.0 cm³/mol. The highest BCUT2D eigenvalue weighted by Crippen LogP contribution is 1.97. The molecule has 1 aromatic rings. The molecule has 0 saturated carbocycles. The summed E-state index contributed by atoms with van der Waals surface area (Å²) in [6, 6.07) is 1.83. The van der Waals surface area contributed by atoms with E-state index in [4.69, 9.17) is 5.26 Å². The number of rotatable bonds is 4. The number of hydrogen-bond donors (Lipinski definition) is 2. The summed E-state index contributed by atoms with van der Waals surface area (Å²) < 4.78 is 0. The Balaban J connectivity index is 2.52. The number of nitrogens with one attached hydrogen (secondary N) is 2. The first-order chi connectivity index (χ1) is 6.77. The number of nitriles is 1. The minimum Gasteiger partial charge on any atom is -0.345 e. The minimum absolute atomic E-state index is 0.0126. The average Bonchev–Trinajstić information content (AvgIpc) is 2.69. The fourth-order valence-electron chi connectivity index (χ4n) is 0.916. The van der Waals surface area contributed by atoms with Crippen LogP contribution in [0.3, 0.4) is 0 Å². The maximum Gasteiger partial charge on any atom is 0.293 e. The zero-order valence-corrected chi connectivity index (χ0v) is 7.69. The van der Waals surface area contributed by atoms with Gasteiger partial charge in [-0.3, -0.25) is 4.79 Å². The Labute approximate surface area is 80.5 Å². The normalized spacial score (nSPS) is 11.7. The van der Waals surface area contributed by atoms with Crippen LogP contribution in [0.15, 0.2) is 0 Å². The fourth-order valence-corrected chi connectivity index (χ4v) is 0.916. The van der Waals surface area contributed by atoms with Gasteiger partial charge >= 0.3 is 0 Å². The van der Waals surface area contributed by atoms with E-state index < -0.39 is 5.91 Å². The molecule has 14 heavy (non-hydrogen) atoms. The van der Waals surface area contributed by atoms with Crippen molar-refractivity contribution in [2.24, 2.45) is 0 Å². The molecule has 1 atom stereocenters. The molecule has 2 N–H and O–H groups in total. The summed E-state index contributed by atoms with van der Waals surface area (Å²) in [5.74, 6) is -0.428. The van der Waals surface area contributed by atoms with Crippen LogP contribution >= 0.6 is 0 Å². The lowest BCUT2D eigenvalue weighted by Crippen LogP contribution is -2.34. The Morgan fingerprint density at radius 3 is 3.07 bits per heavy atom. The van der Waals surface area contributed by atoms with Gasteiger partial charge in [0.25, 0.3) is 11.7 Å². The first kappa shape index (κ1) is 10.1. The Morgan fingerprint density at radius 2 is 2.57 bits per heavy atom. The van der Waals surface area contributed by atoms with Gasteiger partial charge in [-0.15, -0.1) is 10.2 Å². The van der Waals surface area contributed by atoms with Crippen LogP contribution in [-0.2, 0) is 0 Å². The lowest BCUT2D eigenvalue weighted by Gasteiger charge is -2.10. The molecule has 0 saturated heterocycles. The number of carbonyl (C=O) groups is 1. The maximum absolute atomic E-state index is 11.3. The molecule has 0 aliphatic rings. The second-order valence-electron chi connectivity index (χ2n) is 2.68. The van der Waals surface area contributed by atoms with Gasteiger partial charge in [0, 0.05) is 6.04 Å². The van der Waals surface area contributed by atoms with Gasteiger partial charge in [0.15, 0.2) is 0 Å². The lowest BCUT2D eigenvalue weighted by atomic mass is 10.1. The molecule has 1 unspecified atom stereocenters. The van der Waals surface area contributed by atoms with E-state index in [2.05, 4.69) is 25.9 Å². The van der Waals surface area contributed by atoms with Crippen molar-refractivity contribution in [3.8, 4) is 6.07 Å². The number of H-pyrrole nitrogens is 1. The Bertz CT molecular complexity index is 326. The average molecular weight is 194 g/mol. The molecule has 1 heterocycles. The molecule has 0 aliphatic carbocycles. The molecule has 0 spiro atoms. The van der Waals surface area contributed by atoms with Gasteiger partial charge in [-0.2, -0.15) is 10.5 Å². The van der Waals surface area contributed by atoms with E-state index >= 15 is 0 Å². The van der Waals surface area contributed by atoms with Crippen LogP contribution in [0.2, 0.25) is 0 Å². The molecule has 0 aliphatic heterocycles. The summed E-state index contributed by atoms with van der Waals surface area (Å²) in [4.78, 5) is 11.3. The highest BCUT2D eigenvalue weighted by molar-refractivity contribution is 5.90. The van der Waals surface area contributed by atoms with Crippen LogP contribution < -0.4 is 5.32 Å². The molecule has 0 bridgehead atoms. The van der Waals surface area contributed by atoms with Gasteiger partial charge in [0.2, 0.25) is 0 Å². The van der Waals surface area contributed by atoms with Crippen LogP contribution in [0, 0.1) is 11.3 Å². The number of amides is 1. The van der Waals surface area contributed by atoms with Gasteiger partial charge in [0.05, 0.1) is 12.5 Å². The van der Waals surface area contributed by atoms with Gasteiger partial charge in [0.1, 0.15) is 0 Å². The van der Waals surface area contributed by atoms with Gasteiger partial charge in [-0.1, -0.05) is 6.92 Å². The second kappa shape index (κ2) is 4.91. The molecule has 0 fully saturated rings. The summed E-state index contributed by atoms with van der Waals surface area (Å²) >= 11 is 0. The molecule has 74 valence electrons. The van der Waals surface area contributed by atoms with Crippen molar-refractivity contribution in [1.82, 2.24) is 25.9 Å². The van der Waals surface area contributed by atoms with Crippen molar-refractivity contribution in [1.29, 1.82) is 5.26 Å². The topological polar surface area (TPSA) is 107 Å². The van der Waals surface area contributed by atoms with E-state index in [0.29, 0.717) is 6.42 Å². The number of aromatic amines is 1. The number of carbonyl (C=O) groups excluding carboxylic acids is 1. The molecule has 7 heteroatoms. The van der Waals surface area contributed by atoms with Gasteiger partial charge in [-0.25, -0.2) is 0 Å². The first-order valence-corrected chi connectivity index (χ1v) is 4.19. The molecule has 7 nitrogen and oxygen atoms in total. The van der Waals surface area contributed by atoms with Crippen LogP contribution in [0.25, 0.3) is 0 Å². The fraction of sp³-hybridized carbons (Fsp3) is 0.571. The summed E-state index contributed by atoms with van der Waals surface area (Å²) in [5, 5.41) is 23.6. The summed E-state index contributed by atoms with van der Waals surface area (Å²) in [6.07, 6.45) is 0.969. The molecule has 1 aromatic heterocycles. The number of hydrogen-bond acceptors (Lipinski definition) is 5. The Morgan fingerprint density at radius 1 is 1.79 bits per heavy atom. The monoisotopic (exact) mass is 194 g/mol. The van der Waals surface area contributed by atoms with E-state index in [1.54, 1.807) is 0 Å². The molecule has 1 rings (SSSR count). The van der Waals surface area contributed by atoms with Crippen molar-refractivity contribution in [3.63, 3.8) is 0 Å². The summed E-state index contributed by atoms with van der Waals surface area (Å²) in [5.41, 5.74) is 0. The van der Waals surface area contributed by atoms with Crippen LogP contribution in [0.1, 0.15) is 30.4 Å². The molecule has 1 amide bonds. The predicted octanol–water partition coefficient (Wildman–Crippen LogP) is -0.378. The molecular weight excluding hydrogens is 184 g/mol. The SMILES string of the molecule is CCC(CC#N)NC(=O)c1nn[nH]n1. The lowest BCUT2D eigenvalue weighted by molar-refractivity contribution is 0.0926. The highest BCUT2D eigenvalue weighted by Gasteiger charge is 2.14. The third kappa shape index (κ3) is 2.52. The zero-order chi connectivity index (χ0) is 10.4. The standard InChI is InChI=1S/C7H10N6O/c1-2-5(3-4-8)9-7(14)6-10-12-13-11-6/h5H,2-3H2,1H3,(H,9,14)(H,10,11,12,13). The minimum atomic E-state index is -0.416. The van der Waals surface area contributed by atoms with Crippen molar-refractivity contribution in [2.75, 3.05) is 0 Å². The van der Waals surface area contributed by atoms with Crippen molar-refractivity contribution >= 4 is 5.91 Å². The Kier molecular flexibility index (Phi) is 3.55. The van der Waals surface area contributed by atoms with Crippen molar-refractivity contribution in [2.45, 2.75) is 25.8 Å². The van der Waals surface area contributed by atoms with E-state index in [-0.39, 0.29) is 18.3 Å². The first-order valence-electron chi connectivity index (χ1n) is 4.19. The molecule has 0 radical (unpaired) electrons. The smallest absolute Gasteiger partial charge is 0.293 e. The van der Waals surface area contributed by atoms with E-state index in [1.165, 1.54) is 0 Å². The summed E-state index contributed by atoms with van der Waals surface area (Å²) in [6.45, 7) is 1.89. The maximum atomic E-state index is 11.3. The van der Waals surface area contributed by atoms with Crippen molar-refractivity contribution < 1.29 is 4.79 Å². The van der Waals surface area contributed by atoms with E-state index in [0.717, 1.165) is 0 Å². The molecular formula is C7H10N6O. The quantitative estimate of drug-likeness (QED) is 0.679. The third-order valence-electron chi connectivity index (χ3n) is 1.71. The van der Waals surface area contributed by atoms with Crippen LogP contribution in [0.4, 0.5) is 0 Å². The largest absolute Gasteiger partial charge is 0.345 e. The molecule has 0 aromatic carbocycles. The van der Waals surface area contributed by atoms with Crippen molar-refractivity contribution in [3.05, 3.63) is 5.82 Å². The summed E-state index contributed by atoms with van der Waals surface area (Å²) in [7, 11) is 0. The number of aromatic nitrogens is 4. The Hall–Kier alpha value is -1.97.